The Balaban J connectivity index is 2.13. The molecule has 9 nitrogen and oxygen atoms in total. The van der Waals surface area contributed by atoms with E-state index in [4.69, 9.17) is 27.8 Å². The summed E-state index contributed by atoms with van der Waals surface area (Å²) in [5.74, 6) is -0.387. The Hall–Kier alpha value is 0.200. The second-order valence-corrected chi connectivity index (χ2v) is 12.9. The van der Waals surface area contributed by atoms with Crippen molar-refractivity contribution >= 4 is 72.0 Å². The van der Waals surface area contributed by atoms with Crippen molar-refractivity contribution in [2.45, 2.75) is 30.8 Å². The third-order valence-corrected chi connectivity index (χ3v) is 9.66. The summed E-state index contributed by atoms with van der Waals surface area (Å²) >= 11 is 15.0. The van der Waals surface area contributed by atoms with Crippen molar-refractivity contribution in [1.82, 2.24) is 10.4 Å². The van der Waals surface area contributed by atoms with Crippen molar-refractivity contribution in [1.29, 1.82) is 0 Å². The molecule has 2 heterocycles. The Morgan fingerprint density at radius 2 is 1.97 bits per heavy atom. The first-order valence-electron chi connectivity index (χ1n) is 9.38. The van der Waals surface area contributed by atoms with E-state index >= 15 is 4.39 Å². The van der Waals surface area contributed by atoms with E-state index < -0.39 is 42.8 Å². The van der Waals surface area contributed by atoms with Crippen molar-refractivity contribution in [2.75, 3.05) is 42.6 Å². The standard InChI is InChI=1S/C15H24Cl2FN3O6S4/c1-2-19-27-31(25,26)8-4-6-21-12(17)10-29-15(21)13(18)14-20(11(16)9-28-14)5-3-7-30(22,23)24/h11-12,19H,2-10H2,1H3/p+1. The number of thioether (sulfide) groups is 2. The molecule has 180 valence electrons. The fraction of sp³-hybridized carbons (Fsp3) is 0.800. The number of hydrogen-bond acceptors (Lipinski definition) is 9. The predicted molar refractivity (Wildman–Crippen MR) is 123 cm³/mol. The smallest absolute Gasteiger partial charge is 0.283 e. The number of nitrogens with zero attached hydrogens (tertiary/aromatic N) is 2. The molecule has 0 amide bonds. The molecule has 0 aromatic rings. The van der Waals surface area contributed by atoms with E-state index in [0.717, 1.165) is 0 Å². The van der Waals surface area contributed by atoms with Gasteiger partial charge < -0.3 is 4.90 Å². The minimum absolute atomic E-state index is 0.0906. The van der Waals surface area contributed by atoms with Gasteiger partial charge in [-0.25, -0.2) is 4.58 Å². The number of rotatable bonds is 12. The van der Waals surface area contributed by atoms with Gasteiger partial charge in [-0.05, 0) is 29.8 Å². The molecule has 2 atom stereocenters. The molecule has 0 aromatic heterocycles. The third-order valence-electron chi connectivity index (χ3n) is 4.21. The molecule has 2 rings (SSSR count). The molecule has 0 aliphatic carbocycles. The minimum atomic E-state index is -4.12. The van der Waals surface area contributed by atoms with Crippen LogP contribution < -0.4 is 5.48 Å². The van der Waals surface area contributed by atoms with Crippen LogP contribution in [0.1, 0.15) is 19.8 Å². The summed E-state index contributed by atoms with van der Waals surface area (Å²) < 4.78 is 76.0. The second kappa shape index (κ2) is 12.1. The van der Waals surface area contributed by atoms with Gasteiger partial charge in [-0.2, -0.15) is 31.0 Å². The Morgan fingerprint density at radius 1 is 1.26 bits per heavy atom. The molecule has 0 radical (unpaired) electrons. The lowest BCUT2D eigenvalue weighted by molar-refractivity contribution is -0.534. The second-order valence-electron chi connectivity index (χ2n) is 6.64. The number of alkyl halides is 2. The highest BCUT2D eigenvalue weighted by molar-refractivity contribution is 8.14. The van der Waals surface area contributed by atoms with Gasteiger partial charge in [-0.1, -0.05) is 18.5 Å². The zero-order valence-corrected chi connectivity index (χ0v) is 21.4. The normalized spacial score (nSPS) is 24.4. The fourth-order valence-corrected chi connectivity index (χ4v) is 7.34. The molecule has 0 aromatic carbocycles. The molecule has 1 fully saturated rings. The maximum atomic E-state index is 15.4. The Morgan fingerprint density at radius 3 is 2.61 bits per heavy atom. The first-order chi connectivity index (χ1) is 14.4. The average molecular weight is 562 g/mol. The molecule has 1 saturated heterocycles. The van der Waals surface area contributed by atoms with Crippen LogP contribution in [0.4, 0.5) is 4.39 Å². The van der Waals surface area contributed by atoms with E-state index in [1.54, 1.807) is 16.4 Å². The van der Waals surface area contributed by atoms with Gasteiger partial charge in [0.25, 0.3) is 25.3 Å². The van der Waals surface area contributed by atoms with Crippen LogP contribution in [0.25, 0.3) is 0 Å². The van der Waals surface area contributed by atoms with E-state index in [0.29, 0.717) is 18.1 Å². The molecule has 2 aliphatic rings. The summed E-state index contributed by atoms with van der Waals surface area (Å²) in [4.78, 5) is 1.61. The highest BCUT2D eigenvalue weighted by Crippen LogP contribution is 2.40. The first-order valence-corrected chi connectivity index (χ1v) is 15.4. The maximum absolute atomic E-state index is 15.4. The van der Waals surface area contributed by atoms with Crippen LogP contribution in [0.15, 0.2) is 10.9 Å². The molecule has 0 spiro atoms. The zero-order valence-electron chi connectivity index (χ0n) is 16.7. The van der Waals surface area contributed by atoms with Crippen LogP contribution in [0.2, 0.25) is 0 Å². The molecular formula is C15H25Cl2FN3O6S4+. The van der Waals surface area contributed by atoms with Crippen LogP contribution in [-0.4, -0.2) is 89.6 Å². The van der Waals surface area contributed by atoms with Gasteiger partial charge in [-0.15, -0.1) is 11.8 Å². The van der Waals surface area contributed by atoms with Crippen LogP contribution in [0.3, 0.4) is 0 Å². The molecule has 16 heteroatoms. The summed E-state index contributed by atoms with van der Waals surface area (Å²) in [5.41, 5.74) is 1.27. The fourth-order valence-electron chi connectivity index (χ4n) is 2.87. The molecule has 2 aliphatic heterocycles. The van der Waals surface area contributed by atoms with Gasteiger partial charge >= 0.3 is 0 Å². The maximum Gasteiger partial charge on any atom is 0.283 e. The quantitative estimate of drug-likeness (QED) is 0.121. The van der Waals surface area contributed by atoms with Crippen LogP contribution in [0, 0.1) is 0 Å². The van der Waals surface area contributed by atoms with Crippen molar-refractivity contribution in [3.8, 4) is 0 Å². The first kappa shape index (κ1) is 27.4. The van der Waals surface area contributed by atoms with E-state index in [1.165, 1.54) is 23.5 Å². The van der Waals surface area contributed by atoms with E-state index in [9.17, 15) is 16.8 Å². The largest absolute Gasteiger partial charge is 0.346 e. The SMILES string of the molecule is CCNOS(=O)(=O)CCCN1C(=C(F)C2=[N+](CCCS(=O)(=O)O)C(Cl)CS2)SCC1Cl. The van der Waals surface area contributed by atoms with Gasteiger partial charge in [0.1, 0.15) is 17.1 Å². The van der Waals surface area contributed by atoms with Crippen LogP contribution in [-0.2, 0) is 24.5 Å². The third kappa shape index (κ3) is 8.49. The van der Waals surface area contributed by atoms with Gasteiger partial charge in [0.15, 0.2) is 0 Å². The number of halogens is 3. The Labute approximate surface area is 200 Å². The lowest BCUT2D eigenvalue weighted by Gasteiger charge is -2.22. The molecule has 0 saturated carbocycles. The van der Waals surface area contributed by atoms with Crippen LogP contribution >= 0.6 is 46.7 Å². The number of hydrogen-bond donors (Lipinski definition) is 2. The summed E-state index contributed by atoms with van der Waals surface area (Å²) in [6.07, 6.45) is 0.278. The van der Waals surface area contributed by atoms with Crippen molar-refractivity contribution in [3.63, 3.8) is 0 Å². The molecular weight excluding hydrogens is 536 g/mol. The van der Waals surface area contributed by atoms with Gasteiger partial charge in [0, 0.05) is 25.3 Å². The Kier molecular flexibility index (Phi) is 10.7. The number of nitrogens with one attached hydrogen (secondary N) is 1. The molecule has 2 N–H and O–H groups in total. The van der Waals surface area contributed by atoms with Gasteiger partial charge in [0.2, 0.25) is 11.3 Å². The summed E-state index contributed by atoms with van der Waals surface area (Å²) in [7, 11) is -7.86. The molecule has 0 bridgehead atoms. The summed E-state index contributed by atoms with van der Waals surface area (Å²) in [5, 5.41) is 0.565. The Bertz CT molecular complexity index is 916. The lowest BCUT2D eigenvalue weighted by atomic mass is 10.4. The van der Waals surface area contributed by atoms with Crippen LogP contribution in [0.5, 0.6) is 0 Å². The summed E-state index contributed by atoms with van der Waals surface area (Å²) in [6, 6.07) is 0. The molecule has 31 heavy (non-hydrogen) atoms. The van der Waals surface area contributed by atoms with Gasteiger partial charge in [0.05, 0.1) is 17.3 Å². The van der Waals surface area contributed by atoms with Crippen molar-refractivity contribution < 1.29 is 34.6 Å². The average Bonchev–Trinajstić information content (AvgIpc) is 3.22. The van der Waals surface area contributed by atoms with Crippen molar-refractivity contribution in [3.05, 3.63) is 10.9 Å². The molecule has 2 unspecified atom stereocenters. The highest BCUT2D eigenvalue weighted by Gasteiger charge is 2.39. The predicted octanol–water partition coefficient (Wildman–Crippen LogP) is 2.00. The van der Waals surface area contributed by atoms with E-state index in [2.05, 4.69) is 9.76 Å². The lowest BCUT2D eigenvalue weighted by Crippen LogP contribution is -2.30. The minimum Gasteiger partial charge on any atom is -0.346 e. The summed E-state index contributed by atoms with van der Waals surface area (Å²) in [6.45, 7) is 2.41. The van der Waals surface area contributed by atoms with Crippen molar-refractivity contribution in [2.24, 2.45) is 0 Å². The van der Waals surface area contributed by atoms with Gasteiger partial charge in [-0.3, -0.25) is 4.55 Å². The van der Waals surface area contributed by atoms with E-state index in [1.807, 2.05) is 0 Å². The monoisotopic (exact) mass is 560 g/mol. The highest BCUT2D eigenvalue weighted by atomic mass is 35.5. The number of hydroxylamine groups is 1. The topological polar surface area (TPSA) is 116 Å². The zero-order chi connectivity index (χ0) is 23.2. The van der Waals surface area contributed by atoms with E-state index in [-0.39, 0.29) is 41.8 Å².